The fourth-order valence-electron chi connectivity index (χ4n) is 2.98. The number of likely N-dealkylation sites (tertiary alicyclic amines) is 1. The van der Waals surface area contributed by atoms with E-state index in [4.69, 9.17) is 0 Å². The zero-order valence-electron chi connectivity index (χ0n) is 10.5. The molecule has 0 spiro atoms. The summed E-state index contributed by atoms with van der Waals surface area (Å²) in [4.78, 5) is 2.56. The van der Waals surface area contributed by atoms with Gasteiger partial charge in [0.2, 0.25) is 0 Å². The van der Waals surface area contributed by atoms with Crippen LogP contribution in [-0.2, 0) is 0 Å². The molecule has 1 saturated heterocycles. The SMILES string of the molecule is CC(CNC1CCCCC1O)N1CCCC1. The van der Waals surface area contributed by atoms with Crippen LogP contribution in [0.3, 0.4) is 0 Å². The Balaban J connectivity index is 1.69. The summed E-state index contributed by atoms with van der Waals surface area (Å²) in [6, 6.07) is 0.968. The van der Waals surface area contributed by atoms with E-state index in [1.165, 1.54) is 38.8 Å². The van der Waals surface area contributed by atoms with Crippen LogP contribution in [0.15, 0.2) is 0 Å². The molecule has 2 aliphatic rings. The van der Waals surface area contributed by atoms with Crippen LogP contribution in [0.1, 0.15) is 45.4 Å². The van der Waals surface area contributed by atoms with Crippen LogP contribution in [0.5, 0.6) is 0 Å². The fourth-order valence-corrected chi connectivity index (χ4v) is 2.98. The van der Waals surface area contributed by atoms with Gasteiger partial charge in [0.15, 0.2) is 0 Å². The van der Waals surface area contributed by atoms with Crippen molar-refractivity contribution in [2.45, 2.75) is 63.6 Å². The molecule has 1 heterocycles. The number of aliphatic hydroxyl groups excluding tert-OH is 1. The van der Waals surface area contributed by atoms with Gasteiger partial charge in [0, 0.05) is 18.6 Å². The van der Waals surface area contributed by atoms with Crippen LogP contribution >= 0.6 is 0 Å². The Hall–Kier alpha value is -0.120. The molecule has 1 aliphatic heterocycles. The van der Waals surface area contributed by atoms with E-state index in [1.54, 1.807) is 0 Å². The first-order chi connectivity index (χ1) is 7.77. The average molecular weight is 226 g/mol. The normalized spacial score (nSPS) is 34.1. The molecule has 94 valence electrons. The van der Waals surface area contributed by atoms with Crippen molar-refractivity contribution >= 4 is 0 Å². The van der Waals surface area contributed by atoms with Gasteiger partial charge < -0.3 is 10.4 Å². The molecule has 2 fully saturated rings. The first-order valence-electron chi connectivity index (χ1n) is 6.93. The third kappa shape index (κ3) is 3.19. The van der Waals surface area contributed by atoms with Crippen molar-refractivity contribution in [1.82, 2.24) is 10.2 Å². The molecule has 16 heavy (non-hydrogen) atoms. The minimum absolute atomic E-state index is 0.112. The molecule has 3 nitrogen and oxygen atoms in total. The highest BCUT2D eigenvalue weighted by Gasteiger charge is 2.24. The first-order valence-corrected chi connectivity index (χ1v) is 6.93. The standard InChI is InChI=1S/C13H26N2O/c1-11(15-8-4-5-9-15)10-14-12-6-2-3-7-13(12)16/h11-14,16H,2-10H2,1H3. The molecule has 1 aliphatic carbocycles. The Morgan fingerprint density at radius 3 is 2.56 bits per heavy atom. The monoisotopic (exact) mass is 226 g/mol. The molecular formula is C13H26N2O. The molecule has 3 heteroatoms. The molecule has 3 atom stereocenters. The number of nitrogens with zero attached hydrogens (tertiary/aromatic N) is 1. The van der Waals surface area contributed by atoms with E-state index < -0.39 is 0 Å². The van der Waals surface area contributed by atoms with Gasteiger partial charge in [-0.1, -0.05) is 12.8 Å². The van der Waals surface area contributed by atoms with Gasteiger partial charge >= 0.3 is 0 Å². The lowest BCUT2D eigenvalue weighted by Crippen LogP contribution is -2.47. The third-order valence-electron chi connectivity index (χ3n) is 4.17. The smallest absolute Gasteiger partial charge is 0.0693 e. The van der Waals surface area contributed by atoms with E-state index in [0.29, 0.717) is 12.1 Å². The largest absolute Gasteiger partial charge is 0.392 e. The molecule has 0 aromatic rings. The van der Waals surface area contributed by atoms with Crippen molar-refractivity contribution < 1.29 is 5.11 Å². The van der Waals surface area contributed by atoms with Crippen molar-refractivity contribution in [2.75, 3.05) is 19.6 Å². The summed E-state index contributed by atoms with van der Waals surface area (Å²) in [5, 5.41) is 13.4. The van der Waals surface area contributed by atoms with Gasteiger partial charge in [-0.05, 0) is 45.7 Å². The highest BCUT2D eigenvalue weighted by Crippen LogP contribution is 2.18. The number of aliphatic hydroxyl groups is 1. The fraction of sp³-hybridized carbons (Fsp3) is 1.00. The minimum atomic E-state index is -0.112. The number of hydrogen-bond donors (Lipinski definition) is 2. The molecule has 0 radical (unpaired) electrons. The van der Waals surface area contributed by atoms with Crippen molar-refractivity contribution in [2.24, 2.45) is 0 Å². The molecule has 0 aromatic carbocycles. The molecule has 3 unspecified atom stereocenters. The third-order valence-corrected chi connectivity index (χ3v) is 4.17. The molecule has 0 bridgehead atoms. The number of hydrogen-bond acceptors (Lipinski definition) is 3. The maximum Gasteiger partial charge on any atom is 0.0693 e. The van der Waals surface area contributed by atoms with Crippen LogP contribution in [0.25, 0.3) is 0 Å². The lowest BCUT2D eigenvalue weighted by molar-refractivity contribution is 0.0866. The van der Waals surface area contributed by atoms with Gasteiger partial charge in [-0.15, -0.1) is 0 Å². The molecule has 0 amide bonds. The van der Waals surface area contributed by atoms with E-state index in [0.717, 1.165) is 19.4 Å². The molecule has 2 rings (SSSR count). The van der Waals surface area contributed by atoms with Crippen molar-refractivity contribution in [3.05, 3.63) is 0 Å². The summed E-state index contributed by atoms with van der Waals surface area (Å²) in [5.41, 5.74) is 0. The van der Waals surface area contributed by atoms with Gasteiger partial charge in [-0.25, -0.2) is 0 Å². The molecular weight excluding hydrogens is 200 g/mol. The van der Waals surface area contributed by atoms with E-state index >= 15 is 0 Å². The van der Waals surface area contributed by atoms with Gasteiger partial charge in [-0.3, -0.25) is 4.90 Å². The Morgan fingerprint density at radius 2 is 1.88 bits per heavy atom. The van der Waals surface area contributed by atoms with E-state index in [1.807, 2.05) is 0 Å². The van der Waals surface area contributed by atoms with Crippen LogP contribution in [0.4, 0.5) is 0 Å². The maximum atomic E-state index is 9.87. The second kappa shape index (κ2) is 5.99. The van der Waals surface area contributed by atoms with Crippen molar-refractivity contribution in [3.63, 3.8) is 0 Å². The number of nitrogens with one attached hydrogen (secondary N) is 1. The average Bonchev–Trinajstić information content (AvgIpc) is 2.81. The predicted molar refractivity (Wildman–Crippen MR) is 66.5 cm³/mol. The topological polar surface area (TPSA) is 35.5 Å². The van der Waals surface area contributed by atoms with Gasteiger partial charge in [0.1, 0.15) is 0 Å². The van der Waals surface area contributed by atoms with Crippen LogP contribution in [0.2, 0.25) is 0 Å². The number of rotatable bonds is 4. The van der Waals surface area contributed by atoms with Gasteiger partial charge in [0.25, 0.3) is 0 Å². The summed E-state index contributed by atoms with van der Waals surface area (Å²) in [5.74, 6) is 0. The quantitative estimate of drug-likeness (QED) is 0.760. The summed E-state index contributed by atoms with van der Waals surface area (Å²) in [7, 11) is 0. The van der Waals surface area contributed by atoms with Gasteiger partial charge in [0.05, 0.1) is 6.10 Å². The van der Waals surface area contributed by atoms with Crippen LogP contribution in [-0.4, -0.2) is 47.8 Å². The molecule has 0 aromatic heterocycles. The summed E-state index contributed by atoms with van der Waals surface area (Å²) in [6.45, 7) is 5.85. The summed E-state index contributed by atoms with van der Waals surface area (Å²) >= 11 is 0. The van der Waals surface area contributed by atoms with Crippen LogP contribution < -0.4 is 5.32 Å². The highest BCUT2D eigenvalue weighted by atomic mass is 16.3. The second-order valence-corrected chi connectivity index (χ2v) is 5.46. The van der Waals surface area contributed by atoms with E-state index in [9.17, 15) is 5.11 Å². The highest BCUT2D eigenvalue weighted by molar-refractivity contribution is 4.83. The van der Waals surface area contributed by atoms with Gasteiger partial charge in [-0.2, -0.15) is 0 Å². The maximum absolute atomic E-state index is 9.87. The Kier molecular flexibility index (Phi) is 4.62. The Bertz CT molecular complexity index is 204. The van der Waals surface area contributed by atoms with Crippen molar-refractivity contribution in [3.8, 4) is 0 Å². The Labute approximate surface area is 99.2 Å². The first kappa shape index (κ1) is 12.3. The molecule has 1 saturated carbocycles. The minimum Gasteiger partial charge on any atom is -0.392 e. The zero-order chi connectivity index (χ0) is 11.4. The Morgan fingerprint density at radius 1 is 1.19 bits per heavy atom. The van der Waals surface area contributed by atoms with Crippen LogP contribution in [0, 0.1) is 0 Å². The molecule has 2 N–H and O–H groups in total. The lowest BCUT2D eigenvalue weighted by atomic mass is 9.92. The summed E-state index contributed by atoms with van der Waals surface area (Å²) in [6.07, 6.45) is 7.20. The lowest BCUT2D eigenvalue weighted by Gasteiger charge is -2.31. The van der Waals surface area contributed by atoms with Crippen molar-refractivity contribution in [1.29, 1.82) is 0 Å². The van der Waals surface area contributed by atoms with E-state index in [2.05, 4.69) is 17.1 Å². The predicted octanol–water partition coefficient (Wildman–Crippen LogP) is 1.36. The summed E-state index contributed by atoms with van der Waals surface area (Å²) < 4.78 is 0. The zero-order valence-corrected chi connectivity index (χ0v) is 10.5. The second-order valence-electron chi connectivity index (χ2n) is 5.46. The van der Waals surface area contributed by atoms with E-state index in [-0.39, 0.29) is 6.10 Å².